The Morgan fingerprint density at radius 1 is 1.12 bits per heavy atom. The van der Waals surface area contributed by atoms with Crippen molar-refractivity contribution in [2.45, 2.75) is 45.6 Å². The van der Waals surface area contributed by atoms with Gasteiger partial charge in [0.05, 0.1) is 11.3 Å². The molecular formula is C22H24BN3+. The van der Waals surface area contributed by atoms with Crippen molar-refractivity contribution in [1.29, 1.82) is 0 Å². The molecule has 1 N–H and O–H groups in total. The smallest absolute Gasteiger partial charge is 0.382 e. The quantitative estimate of drug-likeness (QED) is 0.827. The van der Waals surface area contributed by atoms with E-state index in [0.29, 0.717) is 6.04 Å². The number of hydrogen-bond donors (Lipinski definition) is 1. The molecule has 1 radical (unpaired) electrons. The number of allylic oxidation sites excluding steroid dienone is 2. The van der Waals surface area contributed by atoms with Crippen LogP contribution in [0.15, 0.2) is 48.2 Å². The third-order valence-corrected chi connectivity index (χ3v) is 5.83. The van der Waals surface area contributed by atoms with Gasteiger partial charge in [0.25, 0.3) is 0 Å². The Balaban J connectivity index is 1.55. The molecule has 0 saturated heterocycles. The van der Waals surface area contributed by atoms with Gasteiger partial charge in [-0.1, -0.05) is 25.0 Å². The Morgan fingerprint density at radius 3 is 2.65 bits per heavy atom. The molecule has 3 nitrogen and oxygen atoms in total. The fourth-order valence-corrected chi connectivity index (χ4v) is 4.56. The van der Waals surface area contributed by atoms with Gasteiger partial charge in [0, 0.05) is 29.6 Å². The summed E-state index contributed by atoms with van der Waals surface area (Å²) in [5.41, 5.74) is 9.00. The Labute approximate surface area is 156 Å². The van der Waals surface area contributed by atoms with Gasteiger partial charge < -0.3 is 9.79 Å². The van der Waals surface area contributed by atoms with Crippen LogP contribution >= 0.6 is 0 Å². The van der Waals surface area contributed by atoms with Crippen LogP contribution in [0.5, 0.6) is 0 Å². The van der Waals surface area contributed by atoms with Gasteiger partial charge in [-0.3, -0.25) is 4.49 Å². The number of nitrogens with one attached hydrogen (secondary N) is 1. The summed E-state index contributed by atoms with van der Waals surface area (Å²) in [7, 11) is 2.19. The van der Waals surface area contributed by atoms with Crippen LogP contribution < -0.4 is 5.32 Å². The number of benzene rings is 1. The predicted molar refractivity (Wildman–Crippen MR) is 109 cm³/mol. The van der Waals surface area contributed by atoms with Crippen LogP contribution in [-0.4, -0.2) is 28.8 Å². The highest BCUT2D eigenvalue weighted by atomic mass is 15.1. The second-order valence-corrected chi connectivity index (χ2v) is 7.68. The molecule has 1 saturated carbocycles. The van der Waals surface area contributed by atoms with Crippen molar-refractivity contribution >= 4 is 25.0 Å². The van der Waals surface area contributed by atoms with Crippen molar-refractivity contribution in [3.8, 4) is 0 Å². The number of rotatable bonds is 3. The van der Waals surface area contributed by atoms with Gasteiger partial charge in [-0.15, -0.1) is 0 Å². The van der Waals surface area contributed by atoms with Crippen LogP contribution in [0.4, 0.5) is 5.69 Å². The van der Waals surface area contributed by atoms with Crippen molar-refractivity contribution in [3.05, 3.63) is 70.7 Å². The average Bonchev–Trinajstić information content (AvgIpc) is 3.36. The molecule has 5 rings (SSSR count). The van der Waals surface area contributed by atoms with E-state index in [1.165, 1.54) is 65.2 Å². The lowest BCUT2D eigenvalue weighted by Crippen LogP contribution is -2.29. The van der Waals surface area contributed by atoms with Crippen molar-refractivity contribution < 1.29 is 4.49 Å². The number of nitrogens with zero attached hydrogens (tertiary/aromatic N) is 2. The molecule has 0 unspecified atom stereocenters. The molecule has 1 aliphatic carbocycles. The highest BCUT2D eigenvalue weighted by molar-refractivity contribution is 6.28. The minimum absolute atomic E-state index is 0.650. The van der Waals surface area contributed by atoms with E-state index in [2.05, 4.69) is 84.4 Å². The summed E-state index contributed by atoms with van der Waals surface area (Å²) in [6, 6.07) is 11.9. The zero-order valence-electron chi connectivity index (χ0n) is 15.5. The standard InChI is InChI=1S/C22H24BN3/c1-15-14-16(2)26-22(15)21(20-8-5-13-25(20)23-26)17-9-11-19(12-10-17)24-18-6-3-4-7-18/h5,8-14,18,24H,3-4,6-7H2,1-2H3/q+1. The van der Waals surface area contributed by atoms with Crippen LogP contribution in [0.3, 0.4) is 0 Å². The Bertz CT molecular complexity index is 954. The van der Waals surface area contributed by atoms with E-state index in [1.807, 2.05) is 0 Å². The number of aryl methyl sites for hydroxylation is 2. The largest absolute Gasteiger partial charge is 0.699 e. The molecule has 0 spiro atoms. The first-order valence-corrected chi connectivity index (χ1v) is 9.65. The maximum Gasteiger partial charge on any atom is 0.699 e. The molecule has 1 fully saturated rings. The lowest BCUT2D eigenvalue weighted by atomic mass is 9.91. The van der Waals surface area contributed by atoms with E-state index in [0.717, 1.165) is 0 Å². The molecule has 3 aliphatic rings. The lowest BCUT2D eigenvalue weighted by molar-refractivity contribution is -0.307. The molecule has 26 heavy (non-hydrogen) atoms. The number of aromatic nitrogens is 1. The van der Waals surface area contributed by atoms with E-state index in [4.69, 9.17) is 0 Å². The van der Waals surface area contributed by atoms with Crippen LogP contribution in [-0.2, 0) is 0 Å². The topological polar surface area (TPSA) is 20.0 Å². The van der Waals surface area contributed by atoms with Crippen LogP contribution in [0.25, 0.3) is 5.57 Å². The second-order valence-electron chi connectivity index (χ2n) is 7.68. The third kappa shape index (κ3) is 2.47. The van der Waals surface area contributed by atoms with E-state index in [-0.39, 0.29) is 0 Å². The number of hydrogen-bond acceptors (Lipinski definition) is 1. The maximum absolute atomic E-state index is 3.69. The van der Waals surface area contributed by atoms with E-state index < -0.39 is 0 Å². The summed E-state index contributed by atoms with van der Waals surface area (Å²) < 4.78 is 4.53. The minimum Gasteiger partial charge on any atom is -0.382 e. The van der Waals surface area contributed by atoms with Crippen molar-refractivity contribution in [2.75, 3.05) is 5.32 Å². The highest BCUT2D eigenvalue weighted by Gasteiger charge is 2.35. The normalized spacial score (nSPS) is 18.6. The molecule has 0 atom stereocenters. The van der Waals surface area contributed by atoms with Gasteiger partial charge in [0.15, 0.2) is 5.70 Å². The van der Waals surface area contributed by atoms with E-state index >= 15 is 0 Å². The first kappa shape index (κ1) is 15.7. The van der Waals surface area contributed by atoms with E-state index in [1.54, 1.807) is 0 Å². The SMILES string of the molecule is Cc1cc(C)n2c1C(c1ccc(NC3CCCC3)cc1)=C1C=CC=[N+]1[B]2. The van der Waals surface area contributed by atoms with Gasteiger partial charge in [0.2, 0.25) is 0 Å². The van der Waals surface area contributed by atoms with Crippen molar-refractivity contribution in [2.24, 2.45) is 0 Å². The van der Waals surface area contributed by atoms with Crippen molar-refractivity contribution in [3.63, 3.8) is 0 Å². The maximum atomic E-state index is 3.69. The van der Waals surface area contributed by atoms with Gasteiger partial charge >= 0.3 is 7.55 Å². The first-order chi connectivity index (χ1) is 12.7. The Morgan fingerprint density at radius 2 is 1.88 bits per heavy atom. The molecule has 0 amide bonds. The Kier molecular flexibility index (Phi) is 3.66. The fourth-order valence-electron chi connectivity index (χ4n) is 4.56. The summed E-state index contributed by atoms with van der Waals surface area (Å²) in [4.78, 5) is 0. The molecule has 4 heteroatoms. The van der Waals surface area contributed by atoms with Crippen LogP contribution in [0, 0.1) is 13.8 Å². The zero-order valence-corrected chi connectivity index (χ0v) is 15.5. The fraction of sp³-hybridized carbons (Fsp3) is 0.318. The summed E-state index contributed by atoms with van der Waals surface area (Å²) >= 11 is 0. The van der Waals surface area contributed by atoms with Gasteiger partial charge in [-0.05, 0) is 56.0 Å². The van der Waals surface area contributed by atoms with Crippen molar-refractivity contribution in [1.82, 2.24) is 4.48 Å². The minimum atomic E-state index is 0.650. The molecule has 1 aromatic carbocycles. The molecular weight excluding hydrogens is 317 g/mol. The van der Waals surface area contributed by atoms with Crippen LogP contribution in [0.2, 0.25) is 0 Å². The Hall–Kier alpha value is -2.49. The van der Waals surface area contributed by atoms with Crippen LogP contribution in [0.1, 0.15) is 48.2 Å². The van der Waals surface area contributed by atoms with Gasteiger partial charge in [-0.25, -0.2) is 0 Å². The molecule has 3 heterocycles. The zero-order chi connectivity index (χ0) is 17.7. The second kappa shape index (κ2) is 6.05. The summed E-state index contributed by atoms with van der Waals surface area (Å²) in [6.07, 6.45) is 11.8. The highest BCUT2D eigenvalue weighted by Crippen LogP contribution is 2.36. The summed E-state index contributed by atoms with van der Waals surface area (Å²) in [6.45, 7) is 4.38. The van der Waals surface area contributed by atoms with Gasteiger partial charge in [-0.2, -0.15) is 0 Å². The number of fused-ring (bicyclic) bond motifs is 2. The summed E-state index contributed by atoms with van der Waals surface area (Å²) in [5, 5.41) is 3.69. The molecule has 2 aromatic rings. The monoisotopic (exact) mass is 341 g/mol. The third-order valence-electron chi connectivity index (χ3n) is 5.83. The first-order valence-electron chi connectivity index (χ1n) is 9.65. The summed E-state index contributed by atoms with van der Waals surface area (Å²) in [5.74, 6) is 0. The molecule has 1 aromatic heterocycles. The molecule has 129 valence electrons. The number of anilines is 1. The average molecular weight is 341 g/mol. The molecule has 2 aliphatic heterocycles. The van der Waals surface area contributed by atoms with E-state index in [9.17, 15) is 0 Å². The van der Waals surface area contributed by atoms with Gasteiger partial charge in [0.1, 0.15) is 6.21 Å². The lowest BCUT2D eigenvalue weighted by Gasteiger charge is -2.19. The predicted octanol–water partition coefficient (Wildman–Crippen LogP) is 4.27. The molecule has 0 bridgehead atoms.